The molecule has 0 saturated heterocycles. The zero-order valence-electron chi connectivity index (χ0n) is 14.4. The molecule has 136 valence electrons. The molecule has 1 aromatic carbocycles. The molecule has 0 spiro atoms. The normalized spacial score (nSPS) is 11.2. The Morgan fingerprint density at radius 1 is 1.04 bits per heavy atom. The number of nitrogens with one attached hydrogen (secondary N) is 1. The number of para-hydroxylation sites is 1. The number of amides is 1. The molecule has 1 aromatic rings. The SMILES string of the molecule is CCOC(=O)CC(C(=O)Nc1ccccc1C(=O)OC)C(=O)OCC. The number of methoxy groups -OCH3 is 1. The van der Waals surface area contributed by atoms with Crippen LogP contribution in [0.5, 0.6) is 0 Å². The lowest BCUT2D eigenvalue weighted by Crippen LogP contribution is -2.34. The van der Waals surface area contributed by atoms with E-state index < -0.39 is 36.2 Å². The Bertz CT molecular complexity index is 642. The molecule has 1 unspecified atom stereocenters. The molecule has 0 aromatic heterocycles. The Kier molecular flexibility index (Phi) is 8.11. The van der Waals surface area contributed by atoms with E-state index in [0.717, 1.165) is 0 Å². The van der Waals surface area contributed by atoms with Crippen LogP contribution in [0.1, 0.15) is 30.6 Å². The maximum absolute atomic E-state index is 12.5. The number of carbonyl (C=O) groups excluding carboxylic acids is 4. The highest BCUT2D eigenvalue weighted by atomic mass is 16.5. The minimum Gasteiger partial charge on any atom is -0.466 e. The predicted octanol–water partition coefficient (Wildman–Crippen LogP) is 1.54. The van der Waals surface area contributed by atoms with Crippen LogP contribution in [0.4, 0.5) is 5.69 Å². The van der Waals surface area contributed by atoms with Gasteiger partial charge in [-0.1, -0.05) is 12.1 Å². The molecule has 0 heterocycles. The van der Waals surface area contributed by atoms with Crippen LogP contribution in [0.2, 0.25) is 0 Å². The van der Waals surface area contributed by atoms with Crippen molar-refractivity contribution >= 4 is 29.5 Å². The molecule has 1 N–H and O–H groups in total. The number of hydrogen-bond donors (Lipinski definition) is 1. The van der Waals surface area contributed by atoms with Crippen LogP contribution in [0, 0.1) is 5.92 Å². The number of carbonyl (C=O) groups is 4. The Morgan fingerprint density at radius 3 is 2.28 bits per heavy atom. The van der Waals surface area contributed by atoms with Gasteiger partial charge in [0.05, 0.1) is 38.0 Å². The molecule has 0 aliphatic rings. The van der Waals surface area contributed by atoms with E-state index in [4.69, 9.17) is 9.47 Å². The van der Waals surface area contributed by atoms with Crippen molar-refractivity contribution in [3.8, 4) is 0 Å². The second-order valence-electron chi connectivity index (χ2n) is 4.84. The third kappa shape index (κ3) is 5.91. The van der Waals surface area contributed by atoms with Gasteiger partial charge in [-0.3, -0.25) is 14.4 Å². The minimum atomic E-state index is -1.38. The lowest BCUT2D eigenvalue weighted by atomic mass is 10.0. The van der Waals surface area contributed by atoms with Crippen LogP contribution in [0.15, 0.2) is 24.3 Å². The van der Waals surface area contributed by atoms with Gasteiger partial charge in [-0.25, -0.2) is 4.79 Å². The molecule has 0 saturated carbocycles. The summed E-state index contributed by atoms with van der Waals surface area (Å²) < 4.78 is 14.3. The fourth-order valence-electron chi connectivity index (χ4n) is 2.01. The van der Waals surface area contributed by atoms with Crippen LogP contribution in [-0.2, 0) is 28.6 Å². The summed E-state index contributed by atoms with van der Waals surface area (Å²) in [7, 11) is 1.21. The summed E-state index contributed by atoms with van der Waals surface area (Å²) in [4.78, 5) is 47.9. The fourth-order valence-corrected chi connectivity index (χ4v) is 2.01. The lowest BCUT2D eigenvalue weighted by Gasteiger charge is -2.16. The second kappa shape index (κ2) is 10.1. The Labute approximate surface area is 145 Å². The van der Waals surface area contributed by atoms with E-state index in [0.29, 0.717) is 0 Å². The highest BCUT2D eigenvalue weighted by molar-refractivity contribution is 6.09. The lowest BCUT2D eigenvalue weighted by molar-refractivity contribution is -0.157. The van der Waals surface area contributed by atoms with Gasteiger partial charge in [0.1, 0.15) is 5.92 Å². The summed E-state index contributed by atoms with van der Waals surface area (Å²) in [6.45, 7) is 3.39. The first-order chi connectivity index (χ1) is 11.9. The summed E-state index contributed by atoms with van der Waals surface area (Å²) in [5, 5.41) is 2.46. The minimum absolute atomic E-state index is 0.0597. The summed E-state index contributed by atoms with van der Waals surface area (Å²) in [5.74, 6) is -4.35. The Hall–Kier alpha value is -2.90. The third-order valence-corrected chi connectivity index (χ3v) is 3.15. The zero-order valence-corrected chi connectivity index (χ0v) is 14.4. The van der Waals surface area contributed by atoms with Gasteiger partial charge in [0.25, 0.3) is 0 Å². The molecule has 0 radical (unpaired) electrons. The molecule has 1 rings (SSSR count). The monoisotopic (exact) mass is 351 g/mol. The number of ether oxygens (including phenoxy) is 3. The fraction of sp³-hybridized carbons (Fsp3) is 0.412. The van der Waals surface area contributed by atoms with E-state index in [9.17, 15) is 19.2 Å². The average molecular weight is 351 g/mol. The van der Waals surface area contributed by atoms with Crippen LogP contribution >= 0.6 is 0 Å². The van der Waals surface area contributed by atoms with E-state index in [1.54, 1.807) is 26.0 Å². The molecule has 8 heteroatoms. The summed E-state index contributed by atoms with van der Waals surface area (Å²) in [5.41, 5.74) is 0.287. The van der Waals surface area contributed by atoms with Crippen LogP contribution < -0.4 is 5.32 Å². The van der Waals surface area contributed by atoms with Crippen molar-refractivity contribution in [1.29, 1.82) is 0 Å². The van der Waals surface area contributed by atoms with E-state index in [-0.39, 0.29) is 24.5 Å². The van der Waals surface area contributed by atoms with Gasteiger partial charge < -0.3 is 19.5 Å². The second-order valence-corrected chi connectivity index (χ2v) is 4.84. The van der Waals surface area contributed by atoms with Gasteiger partial charge in [0.15, 0.2) is 0 Å². The zero-order chi connectivity index (χ0) is 18.8. The van der Waals surface area contributed by atoms with Crippen molar-refractivity contribution in [3.63, 3.8) is 0 Å². The smallest absolute Gasteiger partial charge is 0.339 e. The van der Waals surface area contributed by atoms with E-state index in [1.807, 2.05) is 0 Å². The molecule has 25 heavy (non-hydrogen) atoms. The van der Waals surface area contributed by atoms with E-state index in [2.05, 4.69) is 10.1 Å². The number of hydrogen-bond acceptors (Lipinski definition) is 7. The molecule has 0 bridgehead atoms. The van der Waals surface area contributed by atoms with E-state index >= 15 is 0 Å². The largest absolute Gasteiger partial charge is 0.466 e. The number of anilines is 1. The molecular weight excluding hydrogens is 330 g/mol. The average Bonchev–Trinajstić information content (AvgIpc) is 2.59. The van der Waals surface area contributed by atoms with Crippen molar-refractivity contribution in [3.05, 3.63) is 29.8 Å². The van der Waals surface area contributed by atoms with Gasteiger partial charge in [0.2, 0.25) is 5.91 Å². The molecule has 1 amide bonds. The standard InChI is InChI=1S/C17H21NO7/c1-4-24-14(19)10-12(17(22)25-5-2)15(20)18-13-9-7-6-8-11(13)16(21)23-3/h6-9,12H,4-5,10H2,1-3H3,(H,18,20). The summed E-state index contributed by atoms with van der Waals surface area (Å²) >= 11 is 0. The predicted molar refractivity (Wildman–Crippen MR) is 87.8 cm³/mol. The van der Waals surface area contributed by atoms with Crippen LogP contribution in [-0.4, -0.2) is 44.1 Å². The van der Waals surface area contributed by atoms with E-state index in [1.165, 1.54) is 19.2 Å². The molecule has 8 nitrogen and oxygen atoms in total. The first-order valence-corrected chi connectivity index (χ1v) is 7.75. The van der Waals surface area contributed by atoms with Crippen molar-refractivity contribution in [2.24, 2.45) is 5.92 Å². The van der Waals surface area contributed by atoms with Crippen molar-refractivity contribution in [2.75, 3.05) is 25.6 Å². The maximum Gasteiger partial charge on any atom is 0.339 e. The number of esters is 3. The quantitative estimate of drug-likeness (QED) is 0.430. The highest BCUT2D eigenvalue weighted by Gasteiger charge is 2.32. The first kappa shape index (κ1) is 20.1. The summed E-state index contributed by atoms with van der Waals surface area (Å²) in [6.07, 6.45) is -0.459. The Balaban J connectivity index is 3.00. The van der Waals surface area contributed by atoms with Gasteiger partial charge in [-0.05, 0) is 26.0 Å². The Morgan fingerprint density at radius 2 is 1.68 bits per heavy atom. The van der Waals surface area contributed by atoms with Gasteiger partial charge >= 0.3 is 17.9 Å². The molecule has 0 fully saturated rings. The van der Waals surface area contributed by atoms with Crippen molar-refractivity contribution in [2.45, 2.75) is 20.3 Å². The third-order valence-electron chi connectivity index (χ3n) is 3.15. The van der Waals surface area contributed by atoms with Crippen LogP contribution in [0.25, 0.3) is 0 Å². The van der Waals surface area contributed by atoms with Gasteiger partial charge in [-0.15, -0.1) is 0 Å². The van der Waals surface area contributed by atoms with Gasteiger partial charge in [-0.2, -0.15) is 0 Å². The number of benzene rings is 1. The van der Waals surface area contributed by atoms with Crippen molar-refractivity contribution < 1.29 is 33.4 Å². The van der Waals surface area contributed by atoms with Crippen LogP contribution in [0.3, 0.4) is 0 Å². The summed E-state index contributed by atoms with van der Waals surface area (Å²) in [6, 6.07) is 6.15. The van der Waals surface area contributed by atoms with Gasteiger partial charge in [0, 0.05) is 0 Å². The molecule has 0 aliphatic heterocycles. The molecule has 0 aliphatic carbocycles. The van der Waals surface area contributed by atoms with Crippen molar-refractivity contribution in [1.82, 2.24) is 0 Å². The number of rotatable bonds is 8. The first-order valence-electron chi connectivity index (χ1n) is 7.75. The highest BCUT2D eigenvalue weighted by Crippen LogP contribution is 2.18. The topological polar surface area (TPSA) is 108 Å². The molecular formula is C17H21NO7. The maximum atomic E-state index is 12.5. The molecule has 1 atom stereocenters.